The second kappa shape index (κ2) is 7.14. The number of carboxylic acid groups (broad SMARTS) is 1. The molecule has 0 aliphatic carbocycles. The van der Waals surface area contributed by atoms with Crippen molar-refractivity contribution in [1.29, 1.82) is 0 Å². The maximum atomic E-state index is 11.4. The third-order valence-corrected chi connectivity index (χ3v) is 5.55. The Bertz CT molecular complexity index is 435. The Hall–Kier alpha value is -1.00. The first-order chi connectivity index (χ1) is 9.56. The van der Waals surface area contributed by atoms with E-state index in [1.807, 2.05) is 42.1 Å². The van der Waals surface area contributed by atoms with Crippen LogP contribution in [0, 0.1) is 5.92 Å². The number of nitrogens with one attached hydrogen (secondary N) is 1. The molecule has 0 bridgehead atoms. The number of thioether (sulfide) groups is 1. The van der Waals surface area contributed by atoms with Gasteiger partial charge in [0.1, 0.15) is 6.04 Å². The second-order valence-electron chi connectivity index (χ2n) is 5.80. The lowest BCUT2D eigenvalue weighted by atomic mass is 10.0. The van der Waals surface area contributed by atoms with Crippen molar-refractivity contribution in [3.63, 3.8) is 0 Å². The van der Waals surface area contributed by atoms with Gasteiger partial charge in [-0.2, -0.15) is 11.8 Å². The zero-order valence-electron chi connectivity index (χ0n) is 12.1. The number of hydrogen-bond donors (Lipinski definition) is 2. The van der Waals surface area contributed by atoms with E-state index in [0.29, 0.717) is 23.6 Å². The average Bonchev–Trinajstić information content (AvgIpc) is 2.88. The molecule has 0 saturated carbocycles. The minimum Gasteiger partial charge on any atom is -0.480 e. The van der Waals surface area contributed by atoms with Crippen LogP contribution in [0.3, 0.4) is 0 Å². The lowest BCUT2D eigenvalue weighted by molar-refractivity contribution is -0.139. The lowest BCUT2D eigenvalue weighted by Crippen LogP contribution is -2.45. The molecule has 1 saturated heterocycles. The number of rotatable bonds is 6. The first-order valence-corrected chi connectivity index (χ1v) is 8.25. The SMILES string of the molecule is CC(C)C1CC(N[C@@H](Cc2ccccc2)C(=O)O)CS1. The van der Waals surface area contributed by atoms with Gasteiger partial charge in [-0.05, 0) is 24.3 Å². The summed E-state index contributed by atoms with van der Waals surface area (Å²) in [4.78, 5) is 11.4. The minimum atomic E-state index is -0.758. The van der Waals surface area contributed by atoms with Crippen LogP contribution in [0.4, 0.5) is 0 Å². The smallest absolute Gasteiger partial charge is 0.321 e. The van der Waals surface area contributed by atoms with Crippen molar-refractivity contribution in [2.24, 2.45) is 5.92 Å². The summed E-state index contributed by atoms with van der Waals surface area (Å²) in [6.07, 6.45) is 1.62. The Kier molecular flexibility index (Phi) is 5.49. The first kappa shape index (κ1) is 15.4. The Morgan fingerprint density at radius 1 is 1.40 bits per heavy atom. The highest BCUT2D eigenvalue weighted by molar-refractivity contribution is 8.00. The van der Waals surface area contributed by atoms with E-state index in [0.717, 1.165) is 17.7 Å². The Morgan fingerprint density at radius 2 is 2.10 bits per heavy atom. The molecule has 2 N–H and O–H groups in total. The third-order valence-electron chi connectivity index (χ3n) is 3.79. The Morgan fingerprint density at radius 3 is 2.65 bits per heavy atom. The number of carboxylic acids is 1. The van der Waals surface area contributed by atoms with Gasteiger partial charge in [0.05, 0.1) is 0 Å². The van der Waals surface area contributed by atoms with Gasteiger partial charge < -0.3 is 10.4 Å². The maximum Gasteiger partial charge on any atom is 0.321 e. The van der Waals surface area contributed by atoms with Crippen LogP contribution in [0.25, 0.3) is 0 Å². The van der Waals surface area contributed by atoms with Crippen molar-refractivity contribution in [3.05, 3.63) is 35.9 Å². The topological polar surface area (TPSA) is 49.3 Å². The summed E-state index contributed by atoms with van der Waals surface area (Å²) in [5.74, 6) is 0.914. The normalized spacial score (nSPS) is 23.9. The van der Waals surface area contributed by atoms with Gasteiger partial charge >= 0.3 is 5.97 Å². The van der Waals surface area contributed by atoms with Gasteiger partial charge in [-0.15, -0.1) is 0 Å². The summed E-state index contributed by atoms with van der Waals surface area (Å²) in [5, 5.41) is 13.4. The molecule has 0 amide bonds. The molecule has 0 radical (unpaired) electrons. The quantitative estimate of drug-likeness (QED) is 0.847. The summed E-state index contributed by atoms with van der Waals surface area (Å²) in [7, 11) is 0. The lowest BCUT2D eigenvalue weighted by Gasteiger charge is -2.20. The fourth-order valence-electron chi connectivity index (χ4n) is 2.59. The number of benzene rings is 1. The maximum absolute atomic E-state index is 11.4. The van der Waals surface area contributed by atoms with Gasteiger partial charge in [0.2, 0.25) is 0 Å². The van der Waals surface area contributed by atoms with Crippen LogP contribution in [0.1, 0.15) is 25.8 Å². The third kappa shape index (κ3) is 4.25. The van der Waals surface area contributed by atoms with Gasteiger partial charge in [-0.1, -0.05) is 44.2 Å². The molecule has 1 heterocycles. The molecule has 0 spiro atoms. The predicted octanol–water partition coefficient (Wildman–Crippen LogP) is 2.80. The molecule has 3 nitrogen and oxygen atoms in total. The van der Waals surface area contributed by atoms with E-state index in [9.17, 15) is 9.90 Å². The largest absolute Gasteiger partial charge is 0.480 e. The van der Waals surface area contributed by atoms with Crippen molar-refractivity contribution in [2.45, 2.75) is 44.0 Å². The van der Waals surface area contributed by atoms with Crippen LogP contribution in [-0.2, 0) is 11.2 Å². The molecule has 1 aromatic carbocycles. The van der Waals surface area contributed by atoms with Crippen LogP contribution in [0.15, 0.2) is 30.3 Å². The number of carbonyl (C=O) groups is 1. The van der Waals surface area contributed by atoms with Crippen LogP contribution in [0.5, 0.6) is 0 Å². The summed E-state index contributed by atoms with van der Waals surface area (Å²) in [6.45, 7) is 4.47. The second-order valence-corrected chi connectivity index (χ2v) is 7.07. The zero-order chi connectivity index (χ0) is 14.5. The van der Waals surface area contributed by atoms with Crippen LogP contribution >= 0.6 is 11.8 Å². The molecule has 1 aliphatic heterocycles. The standard InChI is InChI=1S/C16H23NO2S/c1-11(2)15-9-13(10-20-15)17-14(16(18)19)8-12-6-4-3-5-7-12/h3-7,11,13-15,17H,8-10H2,1-2H3,(H,18,19)/t13?,14-,15?/m0/s1. The Balaban J connectivity index is 1.92. The molecule has 110 valence electrons. The van der Waals surface area contributed by atoms with Gasteiger partial charge in [0.15, 0.2) is 0 Å². The molecule has 1 aliphatic rings. The summed E-state index contributed by atoms with van der Waals surface area (Å²) in [6, 6.07) is 9.65. The number of hydrogen-bond acceptors (Lipinski definition) is 3. The van der Waals surface area contributed by atoms with E-state index < -0.39 is 12.0 Å². The van der Waals surface area contributed by atoms with E-state index in [1.54, 1.807) is 0 Å². The Labute approximate surface area is 125 Å². The van der Waals surface area contributed by atoms with Crippen molar-refractivity contribution < 1.29 is 9.90 Å². The summed E-state index contributed by atoms with van der Waals surface area (Å²) < 4.78 is 0. The molecule has 3 atom stereocenters. The van der Waals surface area contributed by atoms with Crippen molar-refractivity contribution >= 4 is 17.7 Å². The predicted molar refractivity (Wildman–Crippen MR) is 84.2 cm³/mol. The zero-order valence-corrected chi connectivity index (χ0v) is 12.9. The van der Waals surface area contributed by atoms with Crippen LogP contribution in [-0.4, -0.2) is 34.2 Å². The van der Waals surface area contributed by atoms with Gasteiger partial charge in [-0.25, -0.2) is 0 Å². The highest BCUT2D eigenvalue weighted by Crippen LogP contribution is 2.32. The first-order valence-electron chi connectivity index (χ1n) is 7.20. The van der Waals surface area contributed by atoms with Crippen molar-refractivity contribution in [1.82, 2.24) is 5.32 Å². The van der Waals surface area contributed by atoms with E-state index in [1.165, 1.54) is 0 Å². The molecule has 2 rings (SSSR count). The minimum absolute atomic E-state index is 0.317. The molecule has 1 fully saturated rings. The van der Waals surface area contributed by atoms with Gasteiger partial charge in [-0.3, -0.25) is 4.79 Å². The highest BCUT2D eigenvalue weighted by Gasteiger charge is 2.30. The summed E-state index contributed by atoms with van der Waals surface area (Å²) >= 11 is 1.96. The molecule has 0 aromatic heterocycles. The van der Waals surface area contributed by atoms with Gasteiger partial charge in [0.25, 0.3) is 0 Å². The molecular formula is C16H23NO2S. The van der Waals surface area contributed by atoms with Crippen molar-refractivity contribution in [3.8, 4) is 0 Å². The highest BCUT2D eigenvalue weighted by atomic mass is 32.2. The molecular weight excluding hydrogens is 270 g/mol. The van der Waals surface area contributed by atoms with E-state index in [4.69, 9.17) is 0 Å². The van der Waals surface area contributed by atoms with E-state index in [-0.39, 0.29) is 0 Å². The van der Waals surface area contributed by atoms with Gasteiger partial charge in [0, 0.05) is 17.0 Å². The number of aliphatic carboxylic acids is 1. The molecule has 2 unspecified atom stereocenters. The van der Waals surface area contributed by atoms with E-state index >= 15 is 0 Å². The van der Waals surface area contributed by atoms with Crippen LogP contribution in [0.2, 0.25) is 0 Å². The molecule has 4 heteroatoms. The average molecular weight is 293 g/mol. The fraction of sp³-hybridized carbons (Fsp3) is 0.562. The summed E-state index contributed by atoms with van der Waals surface area (Å²) in [5.41, 5.74) is 1.07. The molecule has 1 aromatic rings. The fourth-order valence-corrected chi connectivity index (χ4v) is 4.05. The van der Waals surface area contributed by atoms with E-state index in [2.05, 4.69) is 19.2 Å². The monoisotopic (exact) mass is 293 g/mol. The van der Waals surface area contributed by atoms with Crippen molar-refractivity contribution in [2.75, 3.05) is 5.75 Å². The van der Waals surface area contributed by atoms with Crippen LogP contribution < -0.4 is 5.32 Å². The molecule has 20 heavy (non-hydrogen) atoms.